The summed E-state index contributed by atoms with van der Waals surface area (Å²) < 4.78 is 14.7. The molecule has 1 aromatic carbocycles. The molecule has 2 amide bonds. The third-order valence-electron chi connectivity index (χ3n) is 3.44. The highest BCUT2D eigenvalue weighted by Gasteiger charge is 2.16. The molecule has 2 rings (SSSR count). The topological polar surface area (TPSA) is 111 Å². The maximum atomic E-state index is 12.0. The highest BCUT2D eigenvalue weighted by Crippen LogP contribution is 2.10. The Hall–Kier alpha value is -3.36. The zero-order chi connectivity index (χ0) is 19.8. The first kappa shape index (κ1) is 20.0. The third kappa shape index (κ3) is 6.81. The molecule has 0 radical (unpaired) electrons. The van der Waals surface area contributed by atoms with Crippen LogP contribution in [0.3, 0.4) is 0 Å². The molecule has 9 heteroatoms. The molecular weight excluding hydrogens is 354 g/mol. The lowest BCUT2D eigenvalue weighted by molar-refractivity contribution is -0.153. The molecule has 2 aromatic rings. The highest BCUT2D eigenvalue weighted by atomic mass is 16.6. The van der Waals surface area contributed by atoms with Gasteiger partial charge in [0.1, 0.15) is 5.76 Å². The Morgan fingerprint density at radius 1 is 1.15 bits per heavy atom. The van der Waals surface area contributed by atoms with Gasteiger partial charge in [-0.3, -0.25) is 9.59 Å². The van der Waals surface area contributed by atoms with Crippen molar-refractivity contribution in [1.82, 2.24) is 10.1 Å². The van der Waals surface area contributed by atoms with E-state index in [0.29, 0.717) is 11.4 Å². The molecule has 0 aliphatic heterocycles. The minimum absolute atomic E-state index is 0.153. The van der Waals surface area contributed by atoms with Gasteiger partial charge in [0.05, 0.1) is 6.54 Å². The Kier molecular flexibility index (Phi) is 6.93. The number of amides is 2. The van der Waals surface area contributed by atoms with Crippen molar-refractivity contribution in [3.05, 3.63) is 41.7 Å². The molecule has 0 aliphatic carbocycles. The van der Waals surface area contributed by atoms with Crippen LogP contribution in [0, 0.1) is 13.8 Å². The first-order chi connectivity index (χ1) is 12.8. The average molecular weight is 375 g/mol. The van der Waals surface area contributed by atoms with Crippen molar-refractivity contribution in [2.24, 2.45) is 0 Å². The molecule has 0 bridgehead atoms. The monoisotopic (exact) mass is 375 g/mol. The highest BCUT2D eigenvalue weighted by molar-refractivity contribution is 5.94. The number of aromatic nitrogens is 1. The second-order valence-corrected chi connectivity index (χ2v) is 5.89. The molecule has 9 nitrogen and oxygen atoms in total. The van der Waals surface area contributed by atoms with Crippen LogP contribution in [0.4, 0.5) is 5.69 Å². The number of aryl methyl sites for hydroxylation is 2. The number of carbonyl (C=O) groups excluding carboxylic acids is 3. The van der Waals surface area contributed by atoms with Crippen molar-refractivity contribution in [2.75, 3.05) is 32.1 Å². The predicted octanol–water partition coefficient (Wildman–Crippen LogP) is 1.31. The molecule has 0 saturated heterocycles. The lowest BCUT2D eigenvalue weighted by Crippen LogP contribution is -2.37. The molecule has 0 fully saturated rings. The minimum Gasteiger partial charge on any atom is -0.463 e. The number of hydrogen-bond acceptors (Lipinski definition) is 7. The number of anilines is 1. The summed E-state index contributed by atoms with van der Waals surface area (Å²) in [6.07, 6.45) is 0. The summed E-state index contributed by atoms with van der Waals surface area (Å²) in [5, 5.41) is 6.24. The van der Waals surface area contributed by atoms with E-state index in [4.69, 9.17) is 14.0 Å². The van der Waals surface area contributed by atoms with Crippen LogP contribution in [0.1, 0.15) is 11.3 Å². The van der Waals surface area contributed by atoms with Gasteiger partial charge in [0.2, 0.25) is 5.91 Å². The van der Waals surface area contributed by atoms with E-state index in [9.17, 15) is 14.4 Å². The number of esters is 1. The smallest absolute Gasteiger partial charge is 0.344 e. The van der Waals surface area contributed by atoms with Crippen molar-refractivity contribution in [3.8, 4) is 5.88 Å². The predicted molar refractivity (Wildman–Crippen MR) is 95.1 cm³/mol. The first-order valence-corrected chi connectivity index (χ1v) is 8.15. The Morgan fingerprint density at radius 2 is 1.85 bits per heavy atom. The second kappa shape index (κ2) is 9.37. The Bertz CT molecular complexity index is 800. The fraction of sp³-hybridized carbons (Fsp3) is 0.333. The zero-order valence-corrected chi connectivity index (χ0v) is 15.4. The van der Waals surface area contributed by atoms with Gasteiger partial charge in [0, 0.05) is 18.8 Å². The van der Waals surface area contributed by atoms with Gasteiger partial charge in [-0.25, -0.2) is 4.79 Å². The maximum absolute atomic E-state index is 12.0. The zero-order valence-electron chi connectivity index (χ0n) is 15.4. The number of rotatable bonds is 8. The van der Waals surface area contributed by atoms with Crippen LogP contribution in [0.25, 0.3) is 0 Å². The number of likely N-dealkylation sites (N-methyl/N-ethyl adjacent to an activating group) is 1. The van der Waals surface area contributed by atoms with Crippen molar-refractivity contribution in [2.45, 2.75) is 13.8 Å². The number of carbonyl (C=O) groups is 3. The molecule has 0 aliphatic rings. The number of benzene rings is 1. The van der Waals surface area contributed by atoms with E-state index in [0.717, 1.165) is 5.56 Å². The molecular formula is C18H21N3O6. The largest absolute Gasteiger partial charge is 0.463 e. The summed E-state index contributed by atoms with van der Waals surface area (Å²) in [5.74, 6) is -0.910. The van der Waals surface area contributed by atoms with Gasteiger partial charge in [0.15, 0.2) is 13.2 Å². The summed E-state index contributed by atoms with van der Waals surface area (Å²) in [4.78, 5) is 36.7. The molecule has 1 N–H and O–H groups in total. The molecule has 0 unspecified atom stereocenters. The maximum Gasteiger partial charge on any atom is 0.344 e. The Labute approximate surface area is 156 Å². The summed E-state index contributed by atoms with van der Waals surface area (Å²) >= 11 is 0. The lowest BCUT2D eigenvalue weighted by atomic mass is 10.2. The van der Waals surface area contributed by atoms with Gasteiger partial charge >= 0.3 is 5.97 Å². The van der Waals surface area contributed by atoms with Crippen LogP contribution in [0.15, 0.2) is 34.9 Å². The van der Waals surface area contributed by atoms with E-state index < -0.39 is 25.1 Å². The lowest BCUT2D eigenvalue weighted by Gasteiger charge is -2.16. The van der Waals surface area contributed by atoms with E-state index in [2.05, 4.69) is 10.5 Å². The van der Waals surface area contributed by atoms with Crippen molar-refractivity contribution in [3.63, 3.8) is 0 Å². The number of nitrogens with one attached hydrogen (secondary N) is 1. The van der Waals surface area contributed by atoms with Crippen LogP contribution in [-0.2, 0) is 19.1 Å². The quantitative estimate of drug-likeness (QED) is 0.693. The molecule has 0 saturated carbocycles. The van der Waals surface area contributed by atoms with Gasteiger partial charge in [-0.1, -0.05) is 17.7 Å². The van der Waals surface area contributed by atoms with E-state index in [1.54, 1.807) is 19.1 Å². The molecule has 1 heterocycles. The summed E-state index contributed by atoms with van der Waals surface area (Å²) in [6, 6.07) is 8.79. The summed E-state index contributed by atoms with van der Waals surface area (Å²) in [6.45, 7) is 2.56. The van der Waals surface area contributed by atoms with Gasteiger partial charge in [-0.2, -0.15) is 0 Å². The van der Waals surface area contributed by atoms with Crippen LogP contribution in [0.2, 0.25) is 0 Å². The fourth-order valence-electron chi connectivity index (χ4n) is 1.98. The summed E-state index contributed by atoms with van der Waals surface area (Å²) in [5.41, 5.74) is 1.71. The minimum atomic E-state index is -0.735. The second-order valence-electron chi connectivity index (χ2n) is 5.89. The van der Waals surface area contributed by atoms with E-state index >= 15 is 0 Å². The van der Waals surface area contributed by atoms with Crippen molar-refractivity contribution < 1.29 is 28.4 Å². The molecule has 0 atom stereocenters. The number of hydrogen-bond donors (Lipinski definition) is 1. The van der Waals surface area contributed by atoms with Crippen LogP contribution < -0.4 is 10.1 Å². The van der Waals surface area contributed by atoms with E-state index in [1.165, 1.54) is 18.0 Å². The molecule has 0 spiro atoms. The van der Waals surface area contributed by atoms with Crippen LogP contribution in [0.5, 0.6) is 5.88 Å². The number of nitrogens with zero attached hydrogens (tertiary/aromatic N) is 2. The van der Waals surface area contributed by atoms with Gasteiger partial charge in [0.25, 0.3) is 11.8 Å². The average Bonchev–Trinajstić information content (AvgIpc) is 3.05. The van der Waals surface area contributed by atoms with Crippen LogP contribution in [-0.4, -0.2) is 54.6 Å². The number of ether oxygens (including phenoxy) is 2. The first-order valence-electron chi connectivity index (χ1n) is 8.15. The SMILES string of the molecule is Cc1ccc(NC(=O)CN(C)C(=O)COC(=O)COc2cc(C)on2)cc1. The normalized spacial score (nSPS) is 10.2. The van der Waals surface area contributed by atoms with E-state index in [1.807, 2.05) is 19.1 Å². The van der Waals surface area contributed by atoms with Crippen LogP contribution >= 0.6 is 0 Å². The summed E-state index contributed by atoms with van der Waals surface area (Å²) in [7, 11) is 1.44. The van der Waals surface area contributed by atoms with E-state index in [-0.39, 0.29) is 18.3 Å². The fourth-order valence-corrected chi connectivity index (χ4v) is 1.98. The Balaban J connectivity index is 1.68. The third-order valence-corrected chi connectivity index (χ3v) is 3.44. The molecule has 144 valence electrons. The van der Waals surface area contributed by atoms with Crippen molar-refractivity contribution >= 4 is 23.5 Å². The molecule has 27 heavy (non-hydrogen) atoms. The Morgan fingerprint density at radius 3 is 2.48 bits per heavy atom. The van der Waals surface area contributed by atoms with Gasteiger partial charge in [-0.05, 0) is 31.1 Å². The van der Waals surface area contributed by atoms with Gasteiger partial charge < -0.3 is 24.2 Å². The van der Waals surface area contributed by atoms with Gasteiger partial charge in [-0.15, -0.1) is 0 Å². The van der Waals surface area contributed by atoms with Crippen molar-refractivity contribution in [1.29, 1.82) is 0 Å². The molecule has 1 aromatic heterocycles. The standard InChI is InChI=1S/C18H21N3O6/c1-12-4-6-14(7-5-12)19-15(22)9-21(3)17(23)10-26-18(24)11-25-16-8-13(2)27-20-16/h4-8H,9-11H2,1-3H3,(H,19,22).